The van der Waals surface area contributed by atoms with Crippen LogP contribution < -0.4 is 0 Å². The minimum absolute atomic E-state index is 0.00291. The van der Waals surface area contributed by atoms with Gasteiger partial charge in [0.15, 0.2) is 0 Å². The van der Waals surface area contributed by atoms with Crippen molar-refractivity contribution in [2.24, 2.45) is 0 Å². The first kappa shape index (κ1) is 17.1. The maximum absolute atomic E-state index is 13.0. The van der Waals surface area contributed by atoms with Gasteiger partial charge in [-0.1, -0.05) is 0 Å². The molecule has 3 rings (SSSR count). The number of nitrogens with zero attached hydrogens (tertiary/aromatic N) is 3. The van der Waals surface area contributed by atoms with E-state index in [1.165, 1.54) is 16.4 Å². The summed E-state index contributed by atoms with van der Waals surface area (Å²) in [6, 6.07) is 4.30. The summed E-state index contributed by atoms with van der Waals surface area (Å²) in [5, 5.41) is 0. The van der Waals surface area contributed by atoms with Crippen LogP contribution in [0, 0.1) is 5.82 Å². The molecular formula is C15H20FN3O4S. The molecule has 2 aliphatic rings. The van der Waals surface area contributed by atoms with Crippen LogP contribution in [0.1, 0.15) is 6.92 Å². The van der Waals surface area contributed by atoms with Crippen LogP contribution in [0.3, 0.4) is 0 Å². The van der Waals surface area contributed by atoms with Crippen molar-refractivity contribution in [1.29, 1.82) is 0 Å². The van der Waals surface area contributed by atoms with Gasteiger partial charge >= 0.3 is 6.03 Å². The second kappa shape index (κ2) is 6.66. The van der Waals surface area contributed by atoms with Gasteiger partial charge in [0, 0.05) is 25.7 Å². The quantitative estimate of drug-likeness (QED) is 0.790. The Balaban J connectivity index is 1.75. The molecule has 0 aliphatic carbocycles. The Morgan fingerprint density at radius 2 is 1.83 bits per heavy atom. The van der Waals surface area contributed by atoms with Gasteiger partial charge in [0.25, 0.3) is 0 Å². The molecule has 0 radical (unpaired) electrons. The molecule has 7 nitrogen and oxygen atoms in total. The van der Waals surface area contributed by atoms with E-state index in [2.05, 4.69) is 0 Å². The van der Waals surface area contributed by atoms with E-state index in [0.717, 1.165) is 12.1 Å². The van der Waals surface area contributed by atoms with Crippen LogP contribution in [0.4, 0.5) is 9.18 Å². The van der Waals surface area contributed by atoms with E-state index in [0.29, 0.717) is 26.3 Å². The van der Waals surface area contributed by atoms with Crippen molar-refractivity contribution in [3.05, 3.63) is 30.1 Å². The minimum Gasteiger partial charge on any atom is -0.378 e. The Kier molecular flexibility index (Phi) is 4.75. The topological polar surface area (TPSA) is 70.2 Å². The predicted octanol–water partition coefficient (Wildman–Crippen LogP) is 0.930. The fraction of sp³-hybridized carbons (Fsp3) is 0.533. The monoisotopic (exact) mass is 357 g/mol. The Bertz CT molecular complexity index is 704. The van der Waals surface area contributed by atoms with Gasteiger partial charge in [-0.2, -0.15) is 4.31 Å². The molecule has 0 spiro atoms. The van der Waals surface area contributed by atoms with Gasteiger partial charge in [0.1, 0.15) is 5.82 Å². The lowest BCUT2D eigenvalue weighted by atomic mass is 10.3. The van der Waals surface area contributed by atoms with E-state index in [1.54, 1.807) is 9.80 Å². The molecule has 2 fully saturated rings. The number of benzene rings is 1. The lowest BCUT2D eigenvalue weighted by Crippen LogP contribution is -2.49. The molecule has 0 saturated carbocycles. The highest BCUT2D eigenvalue weighted by molar-refractivity contribution is 7.89. The molecule has 9 heteroatoms. The summed E-state index contributed by atoms with van der Waals surface area (Å²) in [4.78, 5) is 15.8. The molecule has 0 N–H and O–H groups in total. The Morgan fingerprint density at radius 1 is 1.21 bits per heavy atom. The highest BCUT2D eigenvalue weighted by Crippen LogP contribution is 2.23. The lowest BCUT2D eigenvalue weighted by molar-refractivity contribution is 0.0424. The van der Waals surface area contributed by atoms with E-state index >= 15 is 0 Å². The largest absolute Gasteiger partial charge is 0.378 e. The number of carbonyl (C=O) groups excluding carboxylic acids is 1. The fourth-order valence-electron chi connectivity index (χ4n) is 2.88. The maximum atomic E-state index is 13.0. The van der Waals surface area contributed by atoms with Crippen molar-refractivity contribution in [1.82, 2.24) is 14.1 Å². The lowest BCUT2D eigenvalue weighted by Gasteiger charge is -2.32. The summed E-state index contributed by atoms with van der Waals surface area (Å²) in [6.07, 6.45) is 0. The average molecular weight is 357 g/mol. The third kappa shape index (κ3) is 3.24. The van der Waals surface area contributed by atoms with Crippen molar-refractivity contribution in [3.63, 3.8) is 0 Å². The average Bonchev–Trinajstić information content (AvgIpc) is 2.98. The summed E-state index contributed by atoms with van der Waals surface area (Å²) in [6.45, 7) is 4.03. The molecule has 1 atom stereocenters. The van der Waals surface area contributed by atoms with Crippen LogP contribution in [0.25, 0.3) is 0 Å². The SMILES string of the molecule is C[C@@H]1CN(S(=O)(=O)c2ccc(F)cc2)CN1C(=O)N1CCOCC1. The first-order valence-electron chi connectivity index (χ1n) is 7.78. The Hall–Kier alpha value is -1.71. The van der Waals surface area contributed by atoms with Crippen LogP contribution in [0.5, 0.6) is 0 Å². The highest BCUT2D eigenvalue weighted by atomic mass is 32.2. The third-order valence-corrected chi connectivity index (χ3v) is 6.10. The number of ether oxygens (including phenoxy) is 1. The highest BCUT2D eigenvalue weighted by Gasteiger charge is 2.39. The number of hydrogen-bond donors (Lipinski definition) is 0. The molecule has 0 unspecified atom stereocenters. The molecule has 1 aromatic rings. The number of sulfonamides is 1. The van der Waals surface area contributed by atoms with Crippen molar-refractivity contribution in [2.45, 2.75) is 17.9 Å². The van der Waals surface area contributed by atoms with Crippen molar-refractivity contribution < 1.29 is 22.3 Å². The van der Waals surface area contributed by atoms with E-state index in [1.807, 2.05) is 6.92 Å². The van der Waals surface area contributed by atoms with Gasteiger partial charge in [0.05, 0.1) is 24.8 Å². The van der Waals surface area contributed by atoms with Gasteiger partial charge in [0.2, 0.25) is 10.0 Å². The van der Waals surface area contributed by atoms with E-state index in [9.17, 15) is 17.6 Å². The number of carbonyl (C=O) groups is 1. The van der Waals surface area contributed by atoms with Gasteiger partial charge in [-0.3, -0.25) is 0 Å². The number of morpholine rings is 1. The Labute approximate surface area is 140 Å². The van der Waals surface area contributed by atoms with Crippen molar-refractivity contribution >= 4 is 16.1 Å². The Morgan fingerprint density at radius 3 is 2.46 bits per heavy atom. The van der Waals surface area contributed by atoms with Crippen LogP contribution >= 0.6 is 0 Å². The van der Waals surface area contributed by atoms with Crippen LogP contribution in [0.15, 0.2) is 29.2 Å². The maximum Gasteiger partial charge on any atom is 0.321 e. The van der Waals surface area contributed by atoms with Gasteiger partial charge in [-0.25, -0.2) is 17.6 Å². The summed E-state index contributed by atoms with van der Waals surface area (Å²) in [7, 11) is -3.76. The van der Waals surface area contributed by atoms with E-state index < -0.39 is 15.8 Å². The zero-order valence-corrected chi connectivity index (χ0v) is 14.2. The van der Waals surface area contributed by atoms with Crippen LogP contribution in [0.2, 0.25) is 0 Å². The van der Waals surface area contributed by atoms with E-state index in [4.69, 9.17) is 4.74 Å². The zero-order valence-electron chi connectivity index (χ0n) is 13.4. The smallest absolute Gasteiger partial charge is 0.321 e. The molecule has 1 aromatic carbocycles. The number of halogens is 1. The zero-order chi connectivity index (χ0) is 17.3. The van der Waals surface area contributed by atoms with Crippen LogP contribution in [-0.4, -0.2) is 74.1 Å². The number of hydrogen-bond acceptors (Lipinski definition) is 4. The van der Waals surface area contributed by atoms with E-state index in [-0.39, 0.29) is 30.2 Å². The van der Waals surface area contributed by atoms with Crippen molar-refractivity contribution in [3.8, 4) is 0 Å². The summed E-state index contributed by atoms with van der Waals surface area (Å²) in [5.74, 6) is -0.493. The molecule has 2 saturated heterocycles. The minimum atomic E-state index is -3.76. The number of urea groups is 1. The first-order chi connectivity index (χ1) is 11.4. The molecule has 2 heterocycles. The standard InChI is InChI=1S/C15H20FN3O4S/c1-12-10-18(24(21,22)14-4-2-13(16)3-5-14)11-19(12)15(20)17-6-8-23-9-7-17/h2-5,12H,6-11H2,1H3/t12-/m1/s1. The van der Waals surface area contributed by atoms with Gasteiger partial charge in [-0.05, 0) is 31.2 Å². The summed E-state index contributed by atoms with van der Waals surface area (Å²) < 4.78 is 44.8. The number of rotatable bonds is 2. The molecular weight excluding hydrogens is 337 g/mol. The second-order valence-corrected chi connectivity index (χ2v) is 7.87. The van der Waals surface area contributed by atoms with Gasteiger partial charge in [-0.15, -0.1) is 0 Å². The molecule has 0 bridgehead atoms. The van der Waals surface area contributed by atoms with Crippen LogP contribution in [-0.2, 0) is 14.8 Å². The van der Waals surface area contributed by atoms with Gasteiger partial charge < -0.3 is 14.5 Å². The molecule has 2 aliphatic heterocycles. The van der Waals surface area contributed by atoms with Crippen molar-refractivity contribution in [2.75, 3.05) is 39.5 Å². The summed E-state index contributed by atoms with van der Waals surface area (Å²) in [5.41, 5.74) is 0. The third-order valence-electron chi connectivity index (χ3n) is 4.29. The summed E-state index contributed by atoms with van der Waals surface area (Å²) >= 11 is 0. The fourth-order valence-corrected chi connectivity index (χ4v) is 4.34. The molecule has 2 amide bonds. The molecule has 24 heavy (non-hydrogen) atoms. The predicted molar refractivity (Wildman–Crippen MR) is 84.2 cm³/mol. The second-order valence-electron chi connectivity index (χ2n) is 5.94. The first-order valence-corrected chi connectivity index (χ1v) is 9.22. The molecule has 0 aromatic heterocycles. The molecule has 132 valence electrons. The normalized spacial score (nSPS) is 22.8. The number of amides is 2.